The third-order valence-corrected chi connectivity index (χ3v) is 4.13. The summed E-state index contributed by atoms with van der Waals surface area (Å²) in [4.78, 5) is 16.5. The van der Waals surface area contributed by atoms with E-state index in [1.807, 2.05) is 31.2 Å². The molecule has 1 heterocycles. The van der Waals surface area contributed by atoms with Crippen LogP contribution < -0.4 is 10.6 Å². The highest BCUT2D eigenvalue weighted by molar-refractivity contribution is 6.31. The lowest BCUT2D eigenvalue weighted by Gasteiger charge is -2.10. The van der Waals surface area contributed by atoms with Gasteiger partial charge in [-0.2, -0.15) is 5.26 Å². The number of nitriles is 1. The number of halogens is 1. The number of hydrogen-bond donors (Lipinski definition) is 2. The Kier molecular flexibility index (Phi) is 5.16. The average molecular weight is 363 g/mol. The summed E-state index contributed by atoms with van der Waals surface area (Å²) in [6, 6.07) is 17.8. The number of carbonyl (C=O) groups excluding carboxylic acids is 1. The van der Waals surface area contributed by atoms with Crippen LogP contribution in [0.3, 0.4) is 0 Å². The van der Waals surface area contributed by atoms with Gasteiger partial charge in [-0.15, -0.1) is 0 Å². The summed E-state index contributed by atoms with van der Waals surface area (Å²) in [6.07, 6.45) is 1.56. The number of nitrogens with one attached hydrogen (secondary N) is 2. The minimum Gasteiger partial charge on any atom is -0.355 e. The second-order valence-corrected chi connectivity index (χ2v) is 6.07. The van der Waals surface area contributed by atoms with E-state index in [2.05, 4.69) is 15.6 Å². The van der Waals surface area contributed by atoms with Crippen LogP contribution in [0.2, 0.25) is 5.02 Å². The minimum absolute atomic E-state index is 0.276. The number of nitrogens with zero attached hydrogens (tertiary/aromatic N) is 2. The lowest BCUT2D eigenvalue weighted by atomic mass is 10.2. The number of hydrogen-bond acceptors (Lipinski definition) is 4. The third-order valence-electron chi connectivity index (χ3n) is 3.72. The fraction of sp³-hybridized carbons (Fsp3) is 0.0500. The van der Waals surface area contributed by atoms with Crippen molar-refractivity contribution in [2.75, 3.05) is 10.6 Å². The Morgan fingerprint density at radius 3 is 2.42 bits per heavy atom. The van der Waals surface area contributed by atoms with Crippen molar-refractivity contribution in [1.29, 1.82) is 5.26 Å². The van der Waals surface area contributed by atoms with E-state index in [0.717, 1.165) is 16.9 Å². The van der Waals surface area contributed by atoms with Crippen molar-refractivity contribution in [2.45, 2.75) is 6.92 Å². The van der Waals surface area contributed by atoms with E-state index < -0.39 is 0 Å². The van der Waals surface area contributed by atoms with Crippen LogP contribution in [0.4, 0.5) is 17.1 Å². The third kappa shape index (κ3) is 4.18. The Hall–Kier alpha value is -3.36. The van der Waals surface area contributed by atoms with Gasteiger partial charge in [-0.05, 0) is 61.0 Å². The van der Waals surface area contributed by atoms with Crippen molar-refractivity contribution < 1.29 is 4.79 Å². The predicted molar refractivity (Wildman–Crippen MR) is 103 cm³/mol. The van der Waals surface area contributed by atoms with Gasteiger partial charge in [-0.1, -0.05) is 17.7 Å². The molecule has 0 aliphatic heterocycles. The molecular weight excluding hydrogens is 348 g/mol. The molecule has 2 N–H and O–H groups in total. The first-order valence-corrected chi connectivity index (χ1v) is 8.24. The van der Waals surface area contributed by atoms with Crippen molar-refractivity contribution in [3.8, 4) is 6.07 Å². The zero-order valence-electron chi connectivity index (χ0n) is 14.0. The van der Waals surface area contributed by atoms with Gasteiger partial charge in [-0.25, -0.2) is 0 Å². The van der Waals surface area contributed by atoms with Gasteiger partial charge >= 0.3 is 0 Å². The first-order valence-electron chi connectivity index (χ1n) is 7.86. The van der Waals surface area contributed by atoms with E-state index in [4.69, 9.17) is 16.9 Å². The smallest absolute Gasteiger partial charge is 0.274 e. The van der Waals surface area contributed by atoms with Crippen molar-refractivity contribution in [1.82, 2.24) is 4.98 Å². The second kappa shape index (κ2) is 7.68. The van der Waals surface area contributed by atoms with E-state index in [-0.39, 0.29) is 11.6 Å². The fourth-order valence-electron chi connectivity index (χ4n) is 2.29. The van der Waals surface area contributed by atoms with Crippen LogP contribution in [0.15, 0.2) is 60.8 Å². The standard InChI is InChI=1S/C20H15ClN4O/c1-13-2-5-16(10-18(13)21)24-17-8-9-23-19(11-17)20(26)25-15-6-3-14(12-22)4-7-15/h2-11H,1H3,(H,23,24)(H,25,26). The largest absolute Gasteiger partial charge is 0.355 e. The summed E-state index contributed by atoms with van der Waals surface area (Å²) < 4.78 is 0. The number of aryl methyl sites for hydroxylation is 1. The molecule has 0 aliphatic rings. The molecule has 0 bridgehead atoms. The van der Waals surface area contributed by atoms with Gasteiger partial charge in [0.25, 0.3) is 5.91 Å². The van der Waals surface area contributed by atoms with Crippen LogP contribution in [-0.4, -0.2) is 10.9 Å². The molecule has 0 aliphatic carbocycles. The molecule has 0 fully saturated rings. The van der Waals surface area contributed by atoms with Crippen LogP contribution in [0.5, 0.6) is 0 Å². The number of carbonyl (C=O) groups is 1. The summed E-state index contributed by atoms with van der Waals surface area (Å²) in [6.45, 7) is 1.93. The molecule has 0 spiro atoms. The molecule has 0 radical (unpaired) electrons. The summed E-state index contributed by atoms with van der Waals surface area (Å²) in [5, 5.41) is 15.4. The van der Waals surface area contributed by atoms with Crippen molar-refractivity contribution in [2.24, 2.45) is 0 Å². The number of aromatic nitrogens is 1. The van der Waals surface area contributed by atoms with Gasteiger partial charge in [0, 0.05) is 28.3 Å². The number of pyridine rings is 1. The molecule has 3 aromatic rings. The monoisotopic (exact) mass is 362 g/mol. The first kappa shape index (κ1) is 17.5. The van der Waals surface area contributed by atoms with E-state index in [9.17, 15) is 4.79 Å². The molecule has 128 valence electrons. The fourth-order valence-corrected chi connectivity index (χ4v) is 2.47. The topological polar surface area (TPSA) is 77.8 Å². The van der Waals surface area contributed by atoms with Crippen LogP contribution in [0.25, 0.3) is 0 Å². The predicted octanol–water partition coefficient (Wildman–Crippen LogP) is 4.91. The summed E-state index contributed by atoms with van der Waals surface area (Å²) in [5.74, 6) is -0.333. The number of anilines is 3. The van der Waals surface area contributed by atoms with E-state index in [1.54, 1.807) is 42.6 Å². The van der Waals surface area contributed by atoms with E-state index in [1.165, 1.54) is 0 Å². The Balaban J connectivity index is 1.74. The normalized spacial score (nSPS) is 10.0. The van der Waals surface area contributed by atoms with Gasteiger partial charge in [0.2, 0.25) is 0 Å². The molecule has 26 heavy (non-hydrogen) atoms. The van der Waals surface area contributed by atoms with Gasteiger partial charge in [0.15, 0.2) is 0 Å². The molecule has 0 saturated heterocycles. The lowest BCUT2D eigenvalue weighted by molar-refractivity contribution is 0.102. The molecule has 1 amide bonds. The molecule has 3 rings (SSSR count). The van der Waals surface area contributed by atoms with E-state index in [0.29, 0.717) is 16.3 Å². The zero-order chi connectivity index (χ0) is 18.5. The molecular formula is C20H15ClN4O. The van der Waals surface area contributed by atoms with Crippen molar-refractivity contribution in [3.63, 3.8) is 0 Å². The molecule has 0 atom stereocenters. The van der Waals surface area contributed by atoms with E-state index >= 15 is 0 Å². The number of amides is 1. The number of benzene rings is 2. The summed E-state index contributed by atoms with van der Waals surface area (Å²) >= 11 is 6.14. The highest BCUT2D eigenvalue weighted by atomic mass is 35.5. The van der Waals surface area contributed by atoms with Gasteiger partial charge in [0.05, 0.1) is 11.6 Å². The molecule has 5 nitrogen and oxygen atoms in total. The van der Waals surface area contributed by atoms with Gasteiger partial charge in [0.1, 0.15) is 5.69 Å². The maximum absolute atomic E-state index is 12.4. The minimum atomic E-state index is -0.333. The maximum Gasteiger partial charge on any atom is 0.274 e. The van der Waals surface area contributed by atoms with Crippen LogP contribution in [0, 0.1) is 18.3 Å². The van der Waals surface area contributed by atoms with Crippen LogP contribution >= 0.6 is 11.6 Å². The van der Waals surface area contributed by atoms with Crippen LogP contribution in [0.1, 0.15) is 21.6 Å². The Morgan fingerprint density at radius 1 is 1.04 bits per heavy atom. The van der Waals surface area contributed by atoms with Crippen molar-refractivity contribution in [3.05, 3.63) is 82.6 Å². The number of rotatable bonds is 4. The SMILES string of the molecule is Cc1ccc(Nc2ccnc(C(=O)Nc3ccc(C#N)cc3)c2)cc1Cl. The zero-order valence-corrected chi connectivity index (χ0v) is 14.7. The molecule has 0 saturated carbocycles. The quantitative estimate of drug-likeness (QED) is 0.691. The second-order valence-electron chi connectivity index (χ2n) is 5.66. The van der Waals surface area contributed by atoms with Crippen molar-refractivity contribution >= 4 is 34.6 Å². The Morgan fingerprint density at radius 2 is 1.73 bits per heavy atom. The first-order chi connectivity index (χ1) is 12.5. The molecule has 0 unspecified atom stereocenters. The highest BCUT2D eigenvalue weighted by Crippen LogP contribution is 2.23. The average Bonchev–Trinajstić information content (AvgIpc) is 2.65. The molecule has 2 aromatic carbocycles. The van der Waals surface area contributed by atoms with Crippen LogP contribution in [-0.2, 0) is 0 Å². The summed E-state index contributed by atoms with van der Waals surface area (Å²) in [7, 11) is 0. The van der Waals surface area contributed by atoms with Gasteiger partial charge < -0.3 is 10.6 Å². The Bertz CT molecular complexity index is 993. The van der Waals surface area contributed by atoms with Gasteiger partial charge in [-0.3, -0.25) is 9.78 Å². The Labute approximate surface area is 156 Å². The maximum atomic E-state index is 12.4. The highest BCUT2D eigenvalue weighted by Gasteiger charge is 2.09. The molecule has 6 heteroatoms. The molecule has 1 aromatic heterocycles. The summed E-state index contributed by atoms with van der Waals surface area (Å²) in [5.41, 5.74) is 3.95. The lowest BCUT2D eigenvalue weighted by Crippen LogP contribution is -2.13.